The van der Waals surface area contributed by atoms with Gasteiger partial charge >= 0.3 is 5.97 Å². The minimum absolute atomic E-state index is 0.0229. The van der Waals surface area contributed by atoms with Gasteiger partial charge in [-0.2, -0.15) is 0 Å². The van der Waals surface area contributed by atoms with Gasteiger partial charge in [0.2, 0.25) is 0 Å². The van der Waals surface area contributed by atoms with Crippen LogP contribution in [0.1, 0.15) is 43.0 Å². The van der Waals surface area contributed by atoms with Gasteiger partial charge in [-0.1, -0.05) is 6.58 Å². The van der Waals surface area contributed by atoms with E-state index in [1.165, 1.54) is 12.1 Å². The Kier molecular flexibility index (Phi) is 5.31. The third kappa shape index (κ3) is 4.16. The summed E-state index contributed by atoms with van der Waals surface area (Å²) in [6.07, 6.45) is 3.95. The zero-order valence-corrected chi connectivity index (χ0v) is 15.9. The van der Waals surface area contributed by atoms with Gasteiger partial charge in [0.15, 0.2) is 11.6 Å². The van der Waals surface area contributed by atoms with Gasteiger partial charge in [-0.05, 0) is 62.3 Å². The van der Waals surface area contributed by atoms with Crippen molar-refractivity contribution in [3.8, 4) is 5.75 Å². The minimum atomic E-state index is -4.48. The number of hydrogen-bond donors (Lipinski definition) is 0. The second-order valence-corrected chi connectivity index (χ2v) is 8.92. The van der Waals surface area contributed by atoms with Crippen LogP contribution in [0, 0.1) is 17.7 Å². The molecule has 27 heavy (non-hydrogen) atoms. The Morgan fingerprint density at radius 3 is 2.70 bits per heavy atom. The number of ether oxygens (including phenoxy) is 2. The van der Waals surface area contributed by atoms with E-state index >= 15 is 0 Å². The van der Waals surface area contributed by atoms with Crippen LogP contribution in [-0.4, -0.2) is 36.9 Å². The molecule has 2 fully saturated rings. The third-order valence-corrected chi connectivity index (χ3v) is 6.21. The number of carbonyl (C=O) groups is 1. The van der Waals surface area contributed by atoms with Crippen LogP contribution in [0.3, 0.4) is 0 Å². The molecule has 6 nitrogen and oxygen atoms in total. The van der Waals surface area contributed by atoms with Crippen molar-refractivity contribution in [3.05, 3.63) is 41.7 Å². The molecule has 0 radical (unpaired) electrons. The van der Waals surface area contributed by atoms with Gasteiger partial charge in [0.25, 0.3) is 0 Å². The highest BCUT2D eigenvalue weighted by Gasteiger charge is 2.53. The van der Waals surface area contributed by atoms with Crippen molar-refractivity contribution in [2.24, 2.45) is 11.8 Å². The number of halogens is 1. The summed E-state index contributed by atoms with van der Waals surface area (Å²) in [5, 5.41) is 0. The van der Waals surface area contributed by atoms with Crippen LogP contribution in [0.5, 0.6) is 5.75 Å². The average molecular weight is 397 g/mol. The van der Waals surface area contributed by atoms with Gasteiger partial charge in [-0.3, -0.25) is 0 Å². The molecule has 0 saturated heterocycles. The first-order valence-electron chi connectivity index (χ1n) is 8.86. The Morgan fingerprint density at radius 1 is 1.41 bits per heavy atom. The lowest BCUT2D eigenvalue weighted by Gasteiger charge is -2.39. The molecule has 3 unspecified atom stereocenters. The van der Waals surface area contributed by atoms with E-state index in [4.69, 9.17) is 9.47 Å². The second-order valence-electron chi connectivity index (χ2n) is 7.39. The molecule has 1 aromatic carbocycles. The van der Waals surface area contributed by atoms with Crippen molar-refractivity contribution in [3.63, 3.8) is 0 Å². The molecule has 0 aliphatic heterocycles. The summed E-state index contributed by atoms with van der Waals surface area (Å²) >= 11 is 0. The van der Waals surface area contributed by atoms with Gasteiger partial charge in [0.05, 0.1) is 21.4 Å². The predicted octanol–water partition coefficient (Wildman–Crippen LogP) is 3.04. The summed E-state index contributed by atoms with van der Waals surface area (Å²) in [6, 6.07) is 3.58. The third-order valence-electron chi connectivity index (χ3n) is 5.54. The maximum Gasteiger partial charge on any atom is 0.338 e. The smallest absolute Gasteiger partial charge is 0.338 e. The maximum atomic E-state index is 14.3. The van der Waals surface area contributed by atoms with Crippen molar-refractivity contribution >= 4 is 16.1 Å². The van der Waals surface area contributed by atoms with E-state index in [1.54, 1.807) is 0 Å². The quantitative estimate of drug-likeness (QED) is 0.399. The summed E-state index contributed by atoms with van der Waals surface area (Å²) in [5.41, 5.74) is 0.223. The molecule has 3 rings (SSSR count). The summed E-state index contributed by atoms with van der Waals surface area (Å²) < 4.78 is 57.0. The first-order valence-corrected chi connectivity index (χ1v) is 10.4. The number of benzene rings is 1. The van der Waals surface area contributed by atoms with E-state index in [9.17, 15) is 22.2 Å². The van der Waals surface area contributed by atoms with Crippen LogP contribution in [0.25, 0.3) is 0 Å². The van der Waals surface area contributed by atoms with E-state index in [2.05, 4.69) is 6.58 Å². The highest BCUT2D eigenvalue weighted by molar-refractivity contribution is 7.85. The zero-order chi connectivity index (χ0) is 19.8. The van der Waals surface area contributed by atoms with E-state index in [-0.39, 0.29) is 17.2 Å². The Morgan fingerprint density at radius 2 is 2.15 bits per heavy atom. The lowest BCUT2D eigenvalue weighted by atomic mass is 9.79. The van der Waals surface area contributed by atoms with Crippen molar-refractivity contribution in [2.45, 2.75) is 38.2 Å². The van der Waals surface area contributed by atoms with E-state index in [1.807, 2.05) is 6.92 Å². The number of fused-ring (bicyclic) bond motifs is 2. The Bertz CT molecular complexity index is 865. The van der Waals surface area contributed by atoms with Gasteiger partial charge in [0, 0.05) is 5.92 Å². The molecule has 148 valence electrons. The average Bonchev–Trinajstić information content (AvgIpc) is 3.17. The van der Waals surface area contributed by atoms with Crippen LogP contribution in [0.4, 0.5) is 4.39 Å². The van der Waals surface area contributed by atoms with Crippen LogP contribution in [0.2, 0.25) is 0 Å². The van der Waals surface area contributed by atoms with Crippen LogP contribution < -0.4 is 4.74 Å². The molecule has 2 bridgehead atoms. The molecule has 1 aromatic rings. The molecule has 2 aliphatic rings. The fourth-order valence-corrected chi connectivity index (χ4v) is 4.53. The van der Waals surface area contributed by atoms with Crippen molar-refractivity contribution < 1.29 is 31.6 Å². The number of hydrogen-bond acceptors (Lipinski definition) is 6. The molecular formula is C19H22FO6S-. The molecular weight excluding hydrogens is 375 g/mol. The topological polar surface area (TPSA) is 92.7 Å². The summed E-state index contributed by atoms with van der Waals surface area (Å²) in [5.74, 6) is -1.51. The first-order chi connectivity index (χ1) is 12.6. The SMILES string of the molecule is C=C(C)C1(Oc2cc(C(=O)OCCS(=O)(=O)[O-])ccc2F)CC2CCC1C2. The normalized spacial score (nSPS) is 26.8. The highest BCUT2D eigenvalue weighted by atomic mass is 32.2. The molecule has 0 spiro atoms. The molecule has 0 heterocycles. The van der Waals surface area contributed by atoms with E-state index < -0.39 is 39.9 Å². The number of carbonyl (C=O) groups excluding carboxylic acids is 1. The second kappa shape index (κ2) is 7.24. The predicted molar refractivity (Wildman–Crippen MR) is 94.9 cm³/mol. The van der Waals surface area contributed by atoms with Crippen LogP contribution >= 0.6 is 0 Å². The fourth-order valence-electron chi connectivity index (χ4n) is 4.24. The minimum Gasteiger partial charge on any atom is -0.748 e. The number of esters is 1. The van der Waals surface area contributed by atoms with Crippen LogP contribution in [-0.2, 0) is 14.9 Å². The van der Waals surface area contributed by atoms with Gasteiger partial charge in [-0.25, -0.2) is 17.6 Å². The Balaban J connectivity index is 1.77. The summed E-state index contributed by atoms with van der Waals surface area (Å²) in [6.45, 7) is 5.37. The fraction of sp³-hybridized carbons (Fsp3) is 0.526. The Hall–Kier alpha value is -1.93. The number of rotatable bonds is 7. The van der Waals surface area contributed by atoms with Gasteiger partial charge in [0.1, 0.15) is 12.2 Å². The summed E-state index contributed by atoms with van der Waals surface area (Å²) in [4.78, 5) is 12.1. The lowest BCUT2D eigenvalue weighted by molar-refractivity contribution is 0.0438. The first kappa shape index (κ1) is 19.8. The monoisotopic (exact) mass is 397 g/mol. The Labute approximate surface area is 158 Å². The molecule has 0 N–H and O–H groups in total. The molecule has 0 aromatic heterocycles. The molecule has 3 atom stereocenters. The standard InChI is InChI=1S/C19H23FO6S/c1-12(2)19(11-13-3-5-15(19)9-13)26-17-10-14(4-6-16(17)20)18(21)25-7-8-27(22,23)24/h4,6,10,13,15H,1,3,5,7-9,11H2,2H3,(H,22,23,24)/p-1. The molecule has 2 saturated carbocycles. The highest BCUT2D eigenvalue weighted by Crippen LogP contribution is 2.55. The van der Waals surface area contributed by atoms with Crippen molar-refractivity contribution in [1.29, 1.82) is 0 Å². The van der Waals surface area contributed by atoms with Crippen molar-refractivity contribution in [1.82, 2.24) is 0 Å². The van der Waals surface area contributed by atoms with Gasteiger partial charge < -0.3 is 14.0 Å². The molecule has 0 amide bonds. The largest absolute Gasteiger partial charge is 0.748 e. The zero-order valence-electron chi connectivity index (χ0n) is 15.1. The lowest BCUT2D eigenvalue weighted by Crippen LogP contribution is -2.42. The van der Waals surface area contributed by atoms with E-state index in [0.717, 1.165) is 37.3 Å². The molecule has 2 aliphatic carbocycles. The summed E-state index contributed by atoms with van der Waals surface area (Å²) in [7, 11) is -4.48. The van der Waals surface area contributed by atoms with Crippen LogP contribution in [0.15, 0.2) is 30.4 Å². The van der Waals surface area contributed by atoms with Gasteiger partial charge in [-0.15, -0.1) is 0 Å². The molecule has 8 heteroatoms. The van der Waals surface area contributed by atoms with Crippen molar-refractivity contribution in [2.75, 3.05) is 12.4 Å². The maximum absolute atomic E-state index is 14.3. The van der Waals surface area contributed by atoms with E-state index in [0.29, 0.717) is 5.92 Å².